The predicted molar refractivity (Wildman–Crippen MR) is 127 cm³/mol. The molecule has 1 aromatic carbocycles. The number of aliphatic carboxylic acids is 1. The van der Waals surface area contributed by atoms with E-state index in [9.17, 15) is 19.8 Å². The molecule has 4 heterocycles. The van der Waals surface area contributed by atoms with Gasteiger partial charge < -0.3 is 15.1 Å². The zero-order valence-electron chi connectivity index (χ0n) is 18.6. The van der Waals surface area contributed by atoms with Gasteiger partial charge in [-0.05, 0) is 18.7 Å². The molecule has 33 heavy (non-hydrogen) atoms. The summed E-state index contributed by atoms with van der Waals surface area (Å²) in [6, 6.07) is 10.1. The van der Waals surface area contributed by atoms with Gasteiger partial charge in [0, 0.05) is 17.9 Å². The summed E-state index contributed by atoms with van der Waals surface area (Å²) in [5.41, 5.74) is 2.02. The Morgan fingerprint density at radius 2 is 2.03 bits per heavy atom. The number of carboxylic acids is 1. The van der Waals surface area contributed by atoms with E-state index in [-0.39, 0.29) is 23.6 Å². The second-order valence-electron chi connectivity index (χ2n) is 8.68. The number of benzene rings is 1. The van der Waals surface area contributed by atoms with Crippen LogP contribution >= 0.6 is 23.1 Å². The highest BCUT2D eigenvalue weighted by atomic mass is 32.2. The summed E-state index contributed by atoms with van der Waals surface area (Å²) in [5.74, 6) is -2.13. The van der Waals surface area contributed by atoms with Crippen molar-refractivity contribution in [3.05, 3.63) is 59.0 Å². The third-order valence-electron chi connectivity index (χ3n) is 6.72. The number of aliphatic hydroxyl groups is 1. The Labute approximate surface area is 200 Å². The number of aromatic nitrogens is 2. The van der Waals surface area contributed by atoms with E-state index >= 15 is 0 Å². The summed E-state index contributed by atoms with van der Waals surface area (Å²) in [6.45, 7) is 4.40. The van der Waals surface area contributed by atoms with Crippen LogP contribution in [0.5, 0.6) is 0 Å². The molecule has 3 aromatic rings. The van der Waals surface area contributed by atoms with Crippen molar-refractivity contribution >= 4 is 45.4 Å². The lowest BCUT2D eigenvalue weighted by molar-refractivity contribution is -0.729. The normalized spacial score (nSPS) is 23.2. The smallest absolute Gasteiger partial charge is 0.352 e. The Morgan fingerprint density at radius 3 is 2.67 bits per heavy atom. The lowest BCUT2D eigenvalue weighted by atomic mass is 9.77. The van der Waals surface area contributed by atoms with Crippen LogP contribution in [0.2, 0.25) is 0 Å². The van der Waals surface area contributed by atoms with Crippen molar-refractivity contribution < 1.29 is 24.4 Å². The lowest BCUT2D eigenvalue weighted by Crippen LogP contribution is -2.63. The number of thiazole rings is 1. The maximum atomic E-state index is 12.6. The molecule has 9 heteroatoms. The van der Waals surface area contributed by atoms with Gasteiger partial charge in [-0.25, -0.2) is 9.36 Å². The van der Waals surface area contributed by atoms with Gasteiger partial charge in [0.05, 0.1) is 29.5 Å². The number of rotatable bonds is 7. The molecule has 2 aromatic heterocycles. The van der Waals surface area contributed by atoms with Crippen LogP contribution in [0.25, 0.3) is 10.4 Å². The fourth-order valence-corrected chi connectivity index (χ4v) is 7.41. The Balaban J connectivity index is 1.51. The molecule has 0 bridgehead atoms. The van der Waals surface area contributed by atoms with E-state index in [2.05, 4.69) is 27.4 Å². The first-order chi connectivity index (χ1) is 15.8. The summed E-state index contributed by atoms with van der Waals surface area (Å²) in [5, 5.41) is 21.2. The molecule has 1 saturated heterocycles. The van der Waals surface area contributed by atoms with E-state index in [0.29, 0.717) is 5.57 Å². The van der Waals surface area contributed by atoms with Crippen LogP contribution in [-0.2, 0) is 22.6 Å². The Hall–Kier alpha value is -2.62. The fourth-order valence-electron chi connectivity index (χ4n) is 5.21. The summed E-state index contributed by atoms with van der Waals surface area (Å²) in [7, 11) is 0. The zero-order valence-corrected chi connectivity index (χ0v) is 20.3. The minimum absolute atomic E-state index is 0.0570. The third-order valence-corrected chi connectivity index (χ3v) is 8.81. The molecule has 0 aliphatic carbocycles. The van der Waals surface area contributed by atoms with Crippen molar-refractivity contribution in [3.63, 3.8) is 0 Å². The van der Waals surface area contributed by atoms with Gasteiger partial charge in [-0.1, -0.05) is 60.4 Å². The van der Waals surface area contributed by atoms with Gasteiger partial charge in [-0.2, -0.15) is 4.40 Å². The van der Waals surface area contributed by atoms with E-state index in [4.69, 9.17) is 0 Å². The topological polar surface area (TPSA) is 86.1 Å². The second-order valence-corrected chi connectivity index (χ2v) is 10.5. The molecule has 0 saturated carbocycles. The maximum absolute atomic E-state index is 12.6. The number of hydrogen-bond acceptors (Lipinski definition) is 5. The Kier molecular flexibility index (Phi) is 5.58. The fraction of sp³-hybridized carbons (Fsp3) is 0.375. The van der Waals surface area contributed by atoms with Crippen LogP contribution in [0.3, 0.4) is 0 Å². The van der Waals surface area contributed by atoms with E-state index in [1.165, 1.54) is 10.5 Å². The van der Waals surface area contributed by atoms with Crippen LogP contribution in [0.4, 0.5) is 0 Å². The molecular formula is C24H26N3O4S2+. The number of carbonyl (C=O) groups excluding carboxylic acids is 1. The molecular weight excluding hydrogens is 458 g/mol. The first-order valence-electron chi connectivity index (χ1n) is 10.9. The summed E-state index contributed by atoms with van der Waals surface area (Å²) in [4.78, 5) is 28.1. The van der Waals surface area contributed by atoms with Crippen molar-refractivity contribution in [1.82, 2.24) is 9.30 Å². The highest BCUT2D eigenvalue weighted by Crippen LogP contribution is 2.51. The molecule has 0 radical (unpaired) electrons. The predicted octanol–water partition coefficient (Wildman–Crippen LogP) is 2.91. The molecule has 4 atom stereocenters. The highest BCUT2D eigenvalue weighted by Gasteiger charge is 2.60. The van der Waals surface area contributed by atoms with Crippen LogP contribution in [-0.4, -0.2) is 49.8 Å². The Morgan fingerprint density at radius 1 is 1.30 bits per heavy atom. The minimum atomic E-state index is -1.10. The molecule has 1 amide bonds. The van der Waals surface area contributed by atoms with E-state index in [0.717, 1.165) is 27.7 Å². The lowest BCUT2D eigenvalue weighted by Gasteiger charge is -2.46. The average molecular weight is 485 g/mol. The summed E-state index contributed by atoms with van der Waals surface area (Å²) >= 11 is 3.23. The third kappa shape index (κ3) is 3.41. The van der Waals surface area contributed by atoms with Crippen molar-refractivity contribution in [1.29, 1.82) is 0 Å². The molecule has 2 N–H and O–H groups in total. The number of aliphatic hydroxyl groups excluding tert-OH is 1. The second kappa shape index (κ2) is 8.30. The standard InChI is InChI=1S/C24H25N3O4S2/c1-13-17(20(24(30)31)27-19(13)18(14(2)28)21(27)29)16-11-26-12-25(22(32-3)23(26)33-16)10-9-15-7-5-4-6-8-15/h4-8,11-14,18-19,28H,9-10H2,1-3H3/p+1/t13?,14-,18-,19+/m1/s1. The number of hydrogen-bond donors (Lipinski definition) is 2. The van der Waals surface area contributed by atoms with Gasteiger partial charge in [0.15, 0.2) is 0 Å². The molecule has 0 spiro atoms. The van der Waals surface area contributed by atoms with Gasteiger partial charge in [-0.3, -0.25) is 4.79 Å². The highest BCUT2D eigenvalue weighted by molar-refractivity contribution is 7.98. The van der Waals surface area contributed by atoms with Gasteiger partial charge in [0.25, 0.3) is 6.33 Å². The van der Waals surface area contributed by atoms with E-state index < -0.39 is 18.0 Å². The number of aryl methyl sites for hydroxylation is 2. The molecule has 7 nitrogen and oxygen atoms in total. The van der Waals surface area contributed by atoms with Crippen molar-refractivity contribution in [2.45, 2.75) is 44.0 Å². The van der Waals surface area contributed by atoms with E-state index in [1.807, 2.05) is 37.6 Å². The largest absolute Gasteiger partial charge is 0.477 e. The molecule has 5 rings (SSSR count). The maximum Gasteiger partial charge on any atom is 0.352 e. The summed E-state index contributed by atoms with van der Waals surface area (Å²) < 4.78 is 4.29. The van der Waals surface area contributed by atoms with Crippen molar-refractivity contribution in [3.8, 4) is 0 Å². The quantitative estimate of drug-likeness (QED) is 0.306. The van der Waals surface area contributed by atoms with Crippen LogP contribution < -0.4 is 4.57 Å². The Bertz CT molecular complexity index is 1280. The number of imidazole rings is 1. The van der Waals surface area contributed by atoms with Crippen molar-refractivity contribution in [2.24, 2.45) is 11.8 Å². The van der Waals surface area contributed by atoms with Crippen molar-refractivity contribution in [2.75, 3.05) is 6.26 Å². The zero-order chi connectivity index (χ0) is 23.4. The average Bonchev–Trinajstić information content (AvgIpc) is 3.39. The van der Waals surface area contributed by atoms with Crippen LogP contribution in [0.1, 0.15) is 24.3 Å². The number of β-lactam (4-membered cyclic amide) rings is 1. The SMILES string of the molecule is CSc1c2sc(C3=C(C(=O)O)N4C(=O)[C@H]([C@@H](C)O)[C@@H]4C3C)cn2c[n+]1CCc1ccccc1. The number of thioether (sulfide) groups is 1. The molecule has 1 unspecified atom stereocenters. The number of carbonyl (C=O) groups is 2. The molecule has 172 valence electrons. The van der Waals surface area contributed by atoms with Crippen LogP contribution in [0, 0.1) is 11.8 Å². The monoisotopic (exact) mass is 484 g/mol. The van der Waals surface area contributed by atoms with Crippen LogP contribution in [0.15, 0.2) is 53.6 Å². The van der Waals surface area contributed by atoms with Gasteiger partial charge >= 0.3 is 5.97 Å². The molecule has 2 aliphatic rings. The van der Waals surface area contributed by atoms with Gasteiger partial charge in [0.1, 0.15) is 11.9 Å². The van der Waals surface area contributed by atoms with E-state index in [1.54, 1.807) is 30.0 Å². The minimum Gasteiger partial charge on any atom is -0.477 e. The molecule has 2 aliphatic heterocycles. The van der Waals surface area contributed by atoms with Gasteiger partial charge in [-0.15, -0.1) is 0 Å². The van der Waals surface area contributed by atoms with Gasteiger partial charge in [0.2, 0.25) is 15.8 Å². The molecule has 1 fully saturated rings. The first-order valence-corrected chi connectivity index (χ1v) is 13.0. The summed E-state index contributed by atoms with van der Waals surface area (Å²) in [6.07, 6.45) is 6.20. The first kappa shape index (κ1) is 22.2. The number of nitrogens with zero attached hydrogens (tertiary/aromatic N) is 3. The number of carboxylic acid groups (broad SMARTS) is 1. The number of fused-ring (bicyclic) bond motifs is 2. The number of amides is 1.